The minimum Gasteiger partial charge on any atom is -0.465 e. The number of nitrogens with zero attached hydrogens (tertiary/aromatic N) is 3. The van der Waals surface area contributed by atoms with Gasteiger partial charge in [-0.05, 0) is 38.1 Å². The van der Waals surface area contributed by atoms with Crippen LogP contribution in [0.5, 0.6) is 0 Å². The Morgan fingerprint density at radius 2 is 1.79 bits per heavy atom. The van der Waals surface area contributed by atoms with E-state index in [9.17, 15) is 14.4 Å². The Bertz CT molecular complexity index is 1030. The number of ether oxygens (including phenoxy) is 2. The molecule has 0 unspecified atom stereocenters. The lowest BCUT2D eigenvalue weighted by Gasteiger charge is -2.21. The molecule has 0 aliphatic rings. The highest BCUT2D eigenvalue weighted by Gasteiger charge is 2.22. The third kappa shape index (κ3) is 4.78. The summed E-state index contributed by atoms with van der Waals surface area (Å²) in [6.45, 7) is 2.98. The number of esters is 2. The Hall–Kier alpha value is -3.68. The van der Waals surface area contributed by atoms with Crippen molar-refractivity contribution in [1.82, 2.24) is 9.38 Å². The molecule has 29 heavy (non-hydrogen) atoms. The average Bonchev–Trinajstić information content (AvgIpc) is 3.17. The van der Waals surface area contributed by atoms with Gasteiger partial charge in [-0.2, -0.15) is 0 Å². The van der Waals surface area contributed by atoms with Gasteiger partial charge in [-0.3, -0.25) is 14.5 Å². The standard InChI is InChI=1S/C21H21N3O5/c1-3-28-20(26)13-24(16-9-5-4-6-10-16)19(25)14-29-21(27)17-12-23-15(2)8-7-11-18(23)22-17/h4-12H,3,13-14H2,1-2H3. The zero-order valence-electron chi connectivity index (χ0n) is 16.2. The van der Waals surface area contributed by atoms with E-state index in [0.29, 0.717) is 11.3 Å². The van der Waals surface area contributed by atoms with Crippen LogP contribution in [0, 0.1) is 6.92 Å². The molecule has 8 nitrogen and oxygen atoms in total. The number of benzene rings is 1. The van der Waals surface area contributed by atoms with E-state index in [2.05, 4.69) is 4.98 Å². The summed E-state index contributed by atoms with van der Waals surface area (Å²) >= 11 is 0. The summed E-state index contributed by atoms with van der Waals surface area (Å²) < 4.78 is 11.8. The molecule has 3 aromatic rings. The second kappa shape index (κ2) is 9.01. The lowest BCUT2D eigenvalue weighted by Crippen LogP contribution is -2.39. The van der Waals surface area contributed by atoms with Gasteiger partial charge in [0.1, 0.15) is 12.2 Å². The molecule has 2 heterocycles. The predicted octanol–water partition coefficient (Wildman–Crippen LogP) is 2.40. The maximum absolute atomic E-state index is 12.7. The van der Waals surface area contributed by atoms with Crippen LogP contribution >= 0.6 is 0 Å². The third-order valence-corrected chi connectivity index (χ3v) is 4.19. The first kappa shape index (κ1) is 20.1. The van der Waals surface area contributed by atoms with E-state index in [1.54, 1.807) is 53.9 Å². The molecule has 0 fully saturated rings. The van der Waals surface area contributed by atoms with Crippen molar-refractivity contribution < 1.29 is 23.9 Å². The van der Waals surface area contributed by atoms with Crippen LogP contribution in [0.25, 0.3) is 5.65 Å². The quantitative estimate of drug-likeness (QED) is 0.571. The monoisotopic (exact) mass is 395 g/mol. The summed E-state index contributed by atoms with van der Waals surface area (Å²) in [4.78, 5) is 42.3. The molecule has 0 spiro atoms. The summed E-state index contributed by atoms with van der Waals surface area (Å²) in [7, 11) is 0. The number of aromatic nitrogens is 2. The van der Waals surface area contributed by atoms with Crippen LogP contribution in [-0.2, 0) is 19.1 Å². The van der Waals surface area contributed by atoms with Gasteiger partial charge in [0.15, 0.2) is 12.3 Å². The molecule has 0 saturated heterocycles. The number of hydrogen-bond acceptors (Lipinski definition) is 6. The number of rotatable bonds is 7. The Kier molecular flexibility index (Phi) is 6.23. The predicted molar refractivity (Wildman–Crippen MR) is 106 cm³/mol. The molecular formula is C21H21N3O5. The second-order valence-electron chi connectivity index (χ2n) is 6.22. The molecule has 2 aromatic heterocycles. The van der Waals surface area contributed by atoms with E-state index in [-0.39, 0.29) is 18.8 Å². The normalized spacial score (nSPS) is 10.6. The van der Waals surface area contributed by atoms with E-state index >= 15 is 0 Å². The zero-order valence-corrected chi connectivity index (χ0v) is 16.2. The van der Waals surface area contributed by atoms with E-state index in [0.717, 1.165) is 5.69 Å². The van der Waals surface area contributed by atoms with Crippen LogP contribution in [0.15, 0.2) is 54.7 Å². The zero-order chi connectivity index (χ0) is 20.8. The van der Waals surface area contributed by atoms with Crippen LogP contribution in [0.4, 0.5) is 5.69 Å². The second-order valence-corrected chi connectivity index (χ2v) is 6.22. The molecule has 0 radical (unpaired) electrons. The van der Waals surface area contributed by atoms with Gasteiger partial charge in [0.25, 0.3) is 5.91 Å². The molecular weight excluding hydrogens is 374 g/mol. The molecule has 0 aliphatic carbocycles. The van der Waals surface area contributed by atoms with Gasteiger partial charge in [0.2, 0.25) is 0 Å². The molecule has 0 bridgehead atoms. The van der Waals surface area contributed by atoms with Gasteiger partial charge in [-0.25, -0.2) is 9.78 Å². The van der Waals surface area contributed by atoms with Crippen molar-refractivity contribution in [3.63, 3.8) is 0 Å². The topological polar surface area (TPSA) is 90.2 Å². The van der Waals surface area contributed by atoms with Crippen LogP contribution in [0.1, 0.15) is 23.1 Å². The lowest BCUT2D eigenvalue weighted by molar-refractivity contribution is -0.142. The van der Waals surface area contributed by atoms with Crippen molar-refractivity contribution in [2.75, 3.05) is 24.7 Å². The summed E-state index contributed by atoms with van der Waals surface area (Å²) in [5.41, 5.74) is 2.13. The summed E-state index contributed by atoms with van der Waals surface area (Å²) in [6.07, 6.45) is 1.56. The minimum absolute atomic E-state index is 0.101. The molecule has 0 aliphatic heterocycles. The minimum atomic E-state index is -0.717. The summed E-state index contributed by atoms with van der Waals surface area (Å²) in [5, 5.41) is 0. The van der Waals surface area contributed by atoms with Crippen molar-refractivity contribution in [1.29, 1.82) is 0 Å². The molecule has 3 rings (SSSR count). The van der Waals surface area contributed by atoms with Crippen LogP contribution < -0.4 is 4.90 Å². The molecule has 0 N–H and O–H groups in total. The van der Waals surface area contributed by atoms with Crippen molar-refractivity contribution in [3.05, 3.63) is 66.1 Å². The lowest BCUT2D eigenvalue weighted by atomic mass is 10.3. The van der Waals surface area contributed by atoms with Crippen LogP contribution in [0.3, 0.4) is 0 Å². The van der Waals surface area contributed by atoms with Gasteiger partial charge in [0, 0.05) is 17.6 Å². The fraction of sp³-hybridized carbons (Fsp3) is 0.238. The van der Waals surface area contributed by atoms with E-state index in [4.69, 9.17) is 9.47 Å². The van der Waals surface area contributed by atoms with E-state index in [1.807, 2.05) is 19.1 Å². The molecule has 0 saturated carbocycles. The first-order valence-corrected chi connectivity index (χ1v) is 9.12. The highest BCUT2D eigenvalue weighted by Crippen LogP contribution is 2.14. The maximum atomic E-state index is 12.7. The Morgan fingerprint density at radius 3 is 2.48 bits per heavy atom. The average molecular weight is 395 g/mol. The number of para-hydroxylation sites is 1. The molecule has 1 aromatic carbocycles. The van der Waals surface area contributed by atoms with Gasteiger partial charge >= 0.3 is 11.9 Å². The summed E-state index contributed by atoms with van der Waals surface area (Å²) in [5.74, 6) is -1.81. The third-order valence-electron chi connectivity index (χ3n) is 4.19. The number of carbonyl (C=O) groups excluding carboxylic acids is 3. The molecule has 1 amide bonds. The first-order chi connectivity index (χ1) is 14.0. The SMILES string of the molecule is CCOC(=O)CN(C(=O)COC(=O)c1cn2c(C)cccc2n1)c1ccccc1. The highest BCUT2D eigenvalue weighted by atomic mass is 16.5. The fourth-order valence-corrected chi connectivity index (χ4v) is 2.79. The van der Waals surface area contributed by atoms with Crippen molar-refractivity contribution >= 4 is 29.2 Å². The Morgan fingerprint density at radius 1 is 1.03 bits per heavy atom. The van der Waals surface area contributed by atoms with E-state index in [1.165, 1.54) is 4.90 Å². The van der Waals surface area contributed by atoms with Crippen molar-refractivity contribution in [2.24, 2.45) is 0 Å². The first-order valence-electron chi connectivity index (χ1n) is 9.12. The van der Waals surface area contributed by atoms with Gasteiger partial charge in [-0.1, -0.05) is 24.3 Å². The van der Waals surface area contributed by atoms with Crippen LogP contribution in [0.2, 0.25) is 0 Å². The van der Waals surface area contributed by atoms with Crippen molar-refractivity contribution in [2.45, 2.75) is 13.8 Å². The molecule has 150 valence electrons. The number of hydrogen-bond donors (Lipinski definition) is 0. The number of fused-ring (bicyclic) bond motifs is 1. The summed E-state index contributed by atoms with van der Waals surface area (Å²) in [6, 6.07) is 14.1. The van der Waals surface area contributed by atoms with Gasteiger partial charge < -0.3 is 13.9 Å². The number of pyridine rings is 1. The number of imidazole rings is 1. The Balaban J connectivity index is 1.70. The smallest absolute Gasteiger partial charge is 0.359 e. The van der Waals surface area contributed by atoms with E-state index < -0.39 is 24.5 Å². The number of carbonyl (C=O) groups is 3. The largest absolute Gasteiger partial charge is 0.465 e. The number of amides is 1. The van der Waals surface area contributed by atoms with Crippen molar-refractivity contribution in [3.8, 4) is 0 Å². The van der Waals surface area contributed by atoms with Gasteiger partial charge in [0.05, 0.1) is 6.61 Å². The number of aryl methyl sites for hydroxylation is 1. The Labute approximate surface area is 167 Å². The highest BCUT2D eigenvalue weighted by molar-refractivity contribution is 5.99. The van der Waals surface area contributed by atoms with Crippen LogP contribution in [-0.4, -0.2) is 47.0 Å². The number of anilines is 1. The van der Waals surface area contributed by atoms with Gasteiger partial charge in [-0.15, -0.1) is 0 Å². The fourth-order valence-electron chi connectivity index (χ4n) is 2.79. The maximum Gasteiger partial charge on any atom is 0.359 e. The molecule has 8 heteroatoms. The molecule has 0 atom stereocenters.